The van der Waals surface area contributed by atoms with E-state index in [1.807, 2.05) is 30.3 Å². The maximum Gasteiger partial charge on any atom is 0.370 e. The SMILES string of the molecule is O=C(O)/C(O)=C/c1cc2ccccc2s1. The summed E-state index contributed by atoms with van der Waals surface area (Å²) in [6, 6.07) is 9.58. The van der Waals surface area contributed by atoms with E-state index in [-0.39, 0.29) is 0 Å². The normalized spacial score (nSPS) is 11.9. The number of carbonyl (C=O) groups is 1. The van der Waals surface area contributed by atoms with Crippen molar-refractivity contribution in [2.45, 2.75) is 0 Å². The first-order chi connectivity index (χ1) is 7.16. The largest absolute Gasteiger partial charge is 0.502 e. The van der Waals surface area contributed by atoms with Crippen LogP contribution in [0.4, 0.5) is 0 Å². The fraction of sp³-hybridized carbons (Fsp3) is 0. The molecule has 0 unspecified atom stereocenters. The van der Waals surface area contributed by atoms with Crippen LogP contribution in [0.25, 0.3) is 16.2 Å². The van der Waals surface area contributed by atoms with Gasteiger partial charge in [-0.2, -0.15) is 0 Å². The number of thiophene rings is 1. The van der Waals surface area contributed by atoms with Crippen molar-refractivity contribution in [1.29, 1.82) is 0 Å². The van der Waals surface area contributed by atoms with Crippen LogP contribution >= 0.6 is 11.3 Å². The molecule has 0 bridgehead atoms. The molecule has 15 heavy (non-hydrogen) atoms. The average molecular weight is 220 g/mol. The Balaban J connectivity index is 2.46. The smallest absolute Gasteiger partial charge is 0.370 e. The van der Waals surface area contributed by atoms with Gasteiger partial charge in [0, 0.05) is 15.7 Å². The summed E-state index contributed by atoms with van der Waals surface area (Å²) in [7, 11) is 0. The van der Waals surface area contributed by atoms with Gasteiger partial charge >= 0.3 is 5.97 Å². The number of aliphatic hydroxyl groups is 1. The van der Waals surface area contributed by atoms with Crippen LogP contribution in [0.2, 0.25) is 0 Å². The molecule has 2 aromatic rings. The predicted octanol–water partition coefficient (Wildman–Crippen LogP) is 2.88. The third-order valence-corrected chi connectivity index (χ3v) is 3.01. The van der Waals surface area contributed by atoms with E-state index in [0.29, 0.717) is 0 Å². The van der Waals surface area contributed by atoms with Crippen molar-refractivity contribution in [3.05, 3.63) is 41.0 Å². The molecule has 0 radical (unpaired) electrons. The van der Waals surface area contributed by atoms with Crippen molar-refractivity contribution in [2.75, 3.05) is 0 Å². The maximum atomic E-state index is 10.4. The van der Waals surface area contributed by atoms with Gasteiger partial charge in [0.1, 0.15) is 0 Å². The molecule has 76 valence electrons. The molecule has 0 aliphatic heterocycles. The summed E-state index contributed by atoms with van der Waals surface area (Å²) >= 11 is 1.44. The molecule has 3 nitrogen and oxygen atoms in total. The van der Waals surface area contributed by atoms with Crippen LogP contribution < -0.4 is 0 Å². The number of hydrogen-bond acceptors (Lipinski definition) is 3. The molecule has 2 N–H and O–H groups in total. The van der Waals surface area contributed by atoms with Crippen molar-refractivity contribution in [1.82, 2.24) is 0 Å². The Kier molecular flexibility index (Phi) is 2.43. The minimum Gasteiger partial charge on any atom is -0.502 e. The third kappa shape index (κ3) is 1.99. The Morgan fingerprint density at radius 3 is 2.67 bits per heavy atom. The fourth-order valence-electron chi connectivity index (χ4n) is 1.27. The van der Waals surface area contributed by atoms with E-state index in [4.69, 9.17) is 10.2 Å². The number of fused-ring (bicyclic) bond motifs is 1. The molecule has 1 heterocycles. The Labute approximate surface area is 89.9 Å². The second-order valence-electron chi connectivity index (χ2n) is 3.02. The molecule has 0 amide bonds. The zero-order valence-corrected chi connectivity index (χ0v) is 8.49. The number of benzene rings is 1. The van der Waals surface area contributed by atoms with Crippen LogP contribution in [0.5, 0.6) is 0 Å². The number of aliphatic carboxylic acids is 1. The molecular weight excluding hydrogens is 212 g/mol. The quantitative estimate of drug-likeness (QED) is 0.604. The van der Waals surface area contributed by atoms with Crippen LogP contribution in [-0.2, 0) is 4.79 Å². The predicted molar refractivity (Wildman–Crippen MR) is 60.1 cm³/mol. The topological polar surface area (TPSA) is 57.5 Å². The summed E-state index contributed by atoms with van der Waals surface area (Å²) in [5.74, 6) is -1.95. The molecule has 0 atom stereocenters. The van der Waals surface area contributed by atoms with Crippen molar-refractivity contribution in [2.24, 2.45) is 0 Å². The summed E-state index contributed by atoms with van der Waals surface area (Å²) in [5.41, 5.74) is 0. The van der Waals surface area contributed by atoms with E-state index in [1.165, 1.54) is 17.4 Å². The maximum absolute atomic E-state index is 10.4. The number of hydrogen-bond donors (Lipinski definition) is 2. The Bertz CT molecular complexity index is 507. The van der Waals surface area contributed by atoms with Gasteiger partial charge in [-0.3, -0.25) is 0 Å². The van der Waals surface area contributed by atoms with Crippen LogP contribution in [0.1, 0.15) is 4.88 Å². The first-order valence-electron chi connectivity index (χ1n) is 4.29. The van der Waals surface area contributed by atoms with Gasteiger partial charge in [-0.25, -0.2) is 4.79 Å². The first kappa shape index (κ1) is 9.73. The molecular formula is C11H8O3S. The van der Waals surface area contributed by atoms with Crippen molar-refractivity contribution < 1.29 is 15.0 Å². The molecule has 0 aliphatic rings. The molecule has 1 aromatic carbocycles. The highest BCUT2D eigenvalue weighted by Gasteiger charge is 2.05. The van der Waals surface area contributed by atoms with Crippen LogP contribution in [0.3, 0.4) is 0 Å². The molecule has 4 heteroatoms. The number of carboxylic acid groups (broad SMARTS) is 1. The van der Waals surface area contributed by atoms with E-state index < -0.39 is 11.7 Å². The van der Waals surface area contributed by atoms with Crippen molar-refractivity contribution in [3.8, 4) is 0 Å². The number of rotatable bonds is 2. The number of carboxylic acids is 1. The van der Waals surface area contributed by atoms with Gasteiger partial charge in [-0.1, -0.05) is 18.2 Å². The van der Waals surface area contributed by atoms with Gasteiger partial charge in [0.25, 0.3) is 0 Å². The lowest BCUT2D eigenvalue weighted by Gasteiger charge is -1.88. The van der Waals surface area contributed by atoms with Crippen LogP contribution in [-0.4, -0.2) is 16.2 Å². The van der Waals surface area contributed by atoms with E-state index in [9.17, 15) is 4.79 Å². The molecule has 0 spiro atoms. The molecule has 0 saturated carbocycles. The molecule has 0 saturated heterocycles. The molecule has 0 aliphatic carbocycles. The second-order valence-corrected chi connectivity index (χ2v) is 4.14. The van der Waals surface area contributed by atoms with Gasteiger partial charge in [-0.15, -0.1) is 11.3 Å². The molecule has 2 rings (SSSR count). The van der Waals surface area contributed by atoms with Gasteiger partial charge < -0.3 is 10.2 Å². The lowest BCUT2D eigenvalue weighted by molar-refractivity contribution is -0.135. The van der Waals surface area contributed by atoms with Crippen LogP contribution in [0, 0.1) is 0 Å². The first-order valence-corrected chi connectivity index (χ1v) is 5.11. The summed E-state index contributed by atoms with van der Waals surface area (Å²) in [6.07, 6.45) is 1.26. The van der Waals surface area contributed by atoms with Gasteiger partial charge in [0.05, 0.1) is 0 Å². The van der Waals surface area contributed by atoms with E-state index in [2.05, 4.69) is 0 Å². The highest BCUT2D eigenvalue weighted by molar-refractivity contribution is 7.19. The van der Waals surface area contributed by atoms with Crippen molar-refractivity contribution in [3.63, 3.8) is 0 Å². The minimum absolute atomic E-state index is 0.637. The Morgan fingerprint density at radius 2 is 2.00 bits per heavy atom. The summed E-state index contributed by atoms with van der Waals surface area (Å²) in [6.45, 7) is 0. The van der Waals surface area contributed by atoms with Gasteiger partial charge in [0.15, 0.2) is 0 Å². The van der Waals surface area contributed by atoms with Gasteiger partial charge in [-0.05, 0) is 17.5 Å². The van der Waals surface area contributed by atoms with Gasteiger partial charge in [0.2, 0.25) is 5.76 Å². The minimum atomic E-state index is -1.31. The number of aliphatic hydroxyl groups excluding tert-OH is 1. The van der Waals surface area contributed by atoms with E-state index in [0.717, 1.165) is 15.0 Å². The van der Waals surface area contributed by atoms with Crippen LogP contribution in [0.15, 0.2) is 36.1 Å². The molecule has 1 aromatic heterocycles. The highest BCUT2D eigenvalue weighted by Crippen LogP contribution is 2.26. The summed E-state index contributed by atoms with van der Waals surface area (Å²) in [4.78, 5) is 11.1. The monoisotopic (exact) mass is 220 g/mol. The highest BCUT2D eigenvalue weighted by atomic mass is 32.1. The lowest BCUT2D eigenvalue weighted by Crippen LogP contribution is -1.97. The van der Waals surface area contributed by atoms with E-state index in [1.54, 1.807) is 0 Å². The average Bonchev–Trinajstić information content (AvgIpc) is 2.59. The fourth-order valence-corrected chi connectivity index (χ4v) is 2.27. The Hall–Kier alpha value is -1.81. The third-order valence-electron chi connectivity index (χ3n) is 1.94. The zero-order chi connectivity index (χ0) is 10.8. The van der Waals surface area contributed by atoms with Crippen molar-refractivity contribution >= 4 is 33.5 Å². The summed E-state index contributed by atoms with van der Waals surface area (Å²) < 4.78 is 1.07. The zero-order valence-electron chi connectivity index (χ0n) is 7.68. The summed E-state index contributed by atoms with van der Waals surface area (Å²) in [5, 5.41) is 18.6. The Morgan fingerprint density at radius 1 is 1.27 bits per heavy atom. The van der Waals surface area contributed by atoms with E-state index >= 15 is 0 Å². The molecule has 0 fully saturated rings. The standard InChI is InChI=1S/C11H8O3S/c12-9(11(13)14)6-8-5-7-3-1-2-4-10(7)15-8/h1-6,12H,(H,13,14)/b9-6-. The lowest BCUT2D eigenvalue weighted by atomic mass is 10.2. The second kappa shape index (κ2) is 3.74.